The summed E-state index contributed by atoms with van der Waals surface area (Å²) < 4.78 is 19.7. The monoisotopic (exact) mass is 423 g/mol. The summed E-state index contributed by atoms with van der Waals surface area (Å²) in [7, 11) is 0. The van der Waals surface area contributed by atoms with Crippen molar-refractivity contribution >= 4 is 34.7 Å². The molecule has 0 unspecified atom stereocenters. The van der Waals surface area contributed by atoms with Gasteiger partial charge in [-0.25, -0.2) is 4.85 Å². The molecule has 2 heterocycles. The normalized spacial score (nSPS) is 13.5. The first-order valence-corrected chi connectivity index (χ1v) is 10.0. The van der Waals surface area contributed by atoms with Gasteiger partial charge >= 0.3 is 0 Å². The molecule has 1 aliphatic heterocycles. The van der Waals surface area contributed by atoms with Gasteiger partial charge in [0.2, 0.25) is 12.5 Å². The fourth-order valence-electron chi connectivity index (χ4n) is 3.24. The Hall–Kier alpha value is -3.51. The largest absolute Gasteiger partial charge is 0.517 e. The van der Waals surface area contributed by atoms with Crippen molar-refractivity contribution in [2.45, 2.75) is 26.8 Å². The van der Waals surface area contributed by atoms with Crippen molar-refractivity contribution < 1.29 is 14.6 Å². The van der Waals surface area contributed by atoms with E-state index in [0.29, 0.717) is 17.3 Å². The maximum Gasteiger partial charge on any atom is 0.231 e. The van der Waals surface area contributed by atoms with E-state index in [0.717, 1.165) is 28.8 Å². The lowest BCUT2D eigenvalue weighted by atomic mass is 9.82. The molecule has 3 N–H and O–H groups in total. The maximum absolute atomic E-state index is 10.3. The summed E-state index contributed by atoms with van der Waals surface area (Å²) in [6, 6.07) is 10.7. The minimum absolute atomic E-state index is 0.0976. The molecule has 1 aromatic heterocycles. The molecule has 30 heavy (non-hydrogen) atoms. The Bertz CT molecular complexity index is 1120. The standard InChI is InChI=1S/C21H21N5O3S/c1-21(2,3)18(12-8-9-15-16(10-12)29-11-28-15)24-20-19(25-30-26-20)23-14-7-5-6-13(22-4)17(14)27/h5-10,18,27H,11H2,1-3H3,(H,23,25)(H,24,26)/t18-/m0/s1. The molecule has 4 rings (SSSR count). The van der Waals surface area contributed by atoms with Gasteiger partial charge < -0.3 is 25.2 Å². The van der Waals surface area contributed by atoms with Gasteiger partial charge in [0.05, 0.1) is 30.0 Å². The Kier molecular flexibility index (Phi) is 5.10. The van der Waals surface area contributed by atoms with Crippen LogP contribution in [-0.2, 0) is 0 Å². The quantitative estimate of drug-likeness (QED) is 0.370. The first kappa shape index (κ1) is 19.8. The van der Waals surface area contributed by atoms with Crippen molar-refractivity contribution in [1.82, 2.24) is 8.75 Å². The number of para-hydroxylation sites is 1. The fourth-order valence-corrected chi connectivity index (χ4v) is 3.72. The highest BCUT2D eigenvalue weighted by atomic mass is 32.1. The van der Waals surface area contributed by atoms with Crippen molar-refractivity contribution in [3.05, 3.63) is 53.4 Å². The number of fused-ring (bicyclic) bond motifs is 1. The number of ether oxygens (including phenoxy) is 2. The molecule has 0 fully saturated rings. The predicted molar refractivity (Wildman–Crippen MR) is 116 cm³/mol. The number of benzene rings is 2. The highest BCUT2D eigenvalue weighted by molar-refractivity contribution is 6.99. The van der Waals surface area contributed by atoms with Crippen LogP contribution < -0.4 is 20.1 Å². The van der Waals surface area contributed by atoms with Crippen LogP contribution in [0.5, 0.6) is 17.2 Å². The molecule has 2 aromatic carbocycles. The van der Waals surface area contributed by atoms with Gasteiger partial charge in [-0.05, 0) is 29.2 Å². The highest BCUT2D eigenvalue weighted by Gasteiger charge is 2.29. The first-order chi connectivity index (χ1) is 14.4. The van der Waals surface area contributed by atoms with E-state index in [1.165, 1.54) is 0 Å². The number of anilines is 3. The molecule has 0 radical (unpaired) electrons. The number of rotatable bonds is 5. The van der Waals surface area contributed by atoms with Gasteiger partial charge in [-0.1, -0.05) is 39.0 Å². The summed E-state index contributed by atoms with van der Waals surface area (Å²) in [5, 5.41) is 16.9. The summed E-state index contributed by atoms with van der Waals surface area (Å²) in [6.45, 7) is 13.8. The van der Waals surface area contributed by atoms with Gasteiger partial charge in [-0.2, -0.15) is 8.75 Å². The molecule has 9 heteroatoms. The zero-order chi connectivity index (χ0) is 21.3. The summed E-state index contributed by atoms with van der Waals surface area (Å²) >= 11 is 1.06. The average molecular weight is 423 g/mol. The van der Waals surface area contributed by atoms with E-state index in [1.807, 2.05) is 18.2 Å². The summed E-state index contributed by atoms with van der Waals surface area (Å²) in [5.41, 5.74) is 1.45. The second-order valence-corrected chi connectivity index (χ2v) is 8.46. The lowest BCUT2D eigenvalue weighted by molar-refractivity contribution is 0.174. The predicted octanol–water partition coefficient (Wildman–Crippen LogP) is 5.47. The van der Waals surface area contributed by atoms with E-state index in [9.17, 15) is 5.11 Å². The Labute approximate surface area is 178 Å². The van der Waals surface area contributed by atoms with Crippen molar-refractivity contribution in [2.24, 2.45) is 5.41 Å². The molecule has 0 spiro atoms. The second-order valence-electron chi connectivity index (χ2n) is 7.93. The van der Waals surface area contributed by atoms with Gasteiger partial charge in [-0.15, -0.1) is 0 Å². The second kappa shape index (κ2) is 7.72. The van der Waals surface area contributed by atoms with Crippen molar-refractivity contribution in [2.75, 3.05) is 17.4 Å². The smallest absolute Gasteiger partial charge is 0.231 e. The number of hydrogen-bond acceptors (Lipinski definition) is 8. The molecule has 1 atom stereocenters. The van der Waals surface area contributed by atoms with E-state index in [-0.39, 0.29) is 29.7 Å². The van der Waals surface area contributed by atoms with Crippen molar-refractivity contribution in [1.29, 1.82) is 0 Å². The Morgan fingerprint density at radius 3 is 2.67 bits per heavy atom. The molecule has 3 aromatic rings. The molecule has 0 saturated heterocycles. The number of aromatic hydroxyl groups is 1. The minimum atomic E-state index is -0.152. The Balaban J connectivity index is 1.63. The lowest BCUT2D eigenvalue weighted by Gasteiger charge is -2.32. The van der Waals surface area contributed by atoms with Gasteiger partial charge in [0.25, 0.3) is 0 Å². The van der Waals surface area contributed by atoms with Crippen molar-refractivity contribution in [3.8, 4) is 17.2 Å². The zero-order valence-corrected chi connectivity index (χ0v) is 17.6. The SMILES string of the molecule is [C-]#[N+]c1cccc(Nc2nsnc2N[C@@H](c2ccc3c(c2)OCO3)C(C)(C)C)c1O. The van der Waals surface area contributed by atoms with Gasteiger partial charge in [0.15, 0.2) is 23.1 Å². The fraction of sp³-hybridized carbons (Fsp3) is 0.286. The third-order valence-corrected chi connectivity index (χ3v) is 5.28. The molecular weight excluding hydrogens is 402 g/mol. The van der Waals surface area contributed by atoms with Crippen LogP contribution >= 0.6 is 11.7 Å². The first-order valence-electron chi connectivity index (χ1n) is 9.32. The van der Waals surface area contributed by atoms with Crippen LogP contribution in [0.1, 0.15) is 32.4 Å². The Morgan fingerprint density at radius 2 is 1.90 bits per heavy atom. The molecular formula is C21H21N5O3S. The zero-order valence-electron chi connectivity index (χ0n) is 16.8. The van der Waals surface area contributed by atoms with Crippen LogP contribution in [-0.4, -0.2) is 20.6 Å². The molecule has 8 nitrogen and oxygen atoms in total. The minimum Gasteiger partial charge on any atom is -0.517 e. The number of hydrogen-bond donors (Lipinski definition) is 3. The third kappa shape index (κ3) is 3.82. The van der Waals surface area contributed by atoms with E-state index >= 15 is 0 Å². The van der Waals surface area contributed by atoms with Crippen LogP contribution in [0.3, 0.4) is 0 Å². The number of nitrogens with zero attached hydrogens (tertiary/aromatic N) is 3. The number of phenolic OH excluding ortho intramolecular Hbond substituents is 1. The molecule has 0 amide bonds. The lowest BCUT2D eigenvalue weighted by Crippen LogP contribution is -2.26. The van der Waals surface area contributed by atoms with E-state index in [1.54, 1.807) is 18.2 Å². The van der Waals surface area contributed by atoms with Gasteiger partial charge in [0.1, 0.15) is 5.75 Å². The molecule has 0 aliphatic carbocycles. The molecule has 154 valence electrons. The van der Waals surface area contributed by atoms with E-state index < -0.39 is 0 Å². The number of phenols is 1. The van der Waals surface area contributed by atoms with Gasteiger partial charge in [0, 0.05) is 0 Å². The highest BCUT2D eigenvalue weighted by Crippen LogP contribution is 2.42. The molecule has 0 saturated carbocycles. The van der Waals surface area contributed by atoms with Crippen LogP contribution in [0.25, 0.3) is 4.85 Å². The summed E-state index contributed by atoms with van der Waals surface area (Å²) in [6.07, 6.45) is 0. The van der Waals surface area contributed by atoms with E-state index in [2.05, 4.69) is 45.0 Å². The number of nitrogens with one attached hydrogen (secondary N) is 2. The van der Waals surface area contributed by atoms with Crippen LogP contribution in [0, 0.1) is 12.0 Å². The molecule has 0 bridgehead atoms. The van der Waals surface area contributed by atoms with Crippen LogP contribution in [0.2, 0.25) is 0 Å². The third-order valence-electron chi connectivity index (χ3n) is 4.75. The topological polar surface area (TPSA) is 92.9 Å². The maximum atomic E-state index is 10.3. The summed E-state index contributed by atoms with van der Waals surface area (Å²) in [4.78, 5) is 3.32. The Morgan fingerprint density at radius 1 is 1.13 bits per heavy atom. The number of aromatic nitrogens is 2. The van der Waals surface area contributed by atoms with E-state index in [4.69, 9.17) is 16.0 Å². The van der Waals surface area contributed by atoms with Gasteiger partial charge in [-0.3, -0.25) is 0 Å². The van der Waals surface area contributed by atoms with Crippen molar-refractivity contribution in [3.63, 3.8) is 0 Å². The van der Waals surface area contributed by atoms with Crippen LogP contribution in [0.4, 0.5) is 23.0 Å². The average Bonchev–Trinajstić information content (AvgIpc) is 3.35. The summed E-state index contributed by atoms with van der Waals surface area (Å²) in [5.74, 6) is 2.38. The van der Waals surface area contributed by atoms with Crippen LogP contribution in [0.15, 0.2) is 36.4 Å². The molecule has 1 aliphatic rings.